The van der Waals surface area contributed by atoms with Crippen LogP contribution < -0.4 is 5.32 Å². The molecule has 1 unspecified atom stereocenters. The summed E-state index contributed by atoms with van der Waals surface area (Å²) in [6.07, 6.45) is -0.0298. The average molecular weight is 201 g/mol. The van der Waals surface area contributed by atoms with Gasteiger partial charge in [0.05, 0.1) is 13.2 Å². The largest absolute Gasteiger partial charge is 0.464 e. The molecule has 0 aromatic rings. The van der Waals surface area contributed by atoms with Crippen molar-refractivity contribution in [2.45, 2.75) is 26.3 Å². The highest BCUT2D eigenvalue weighted by atomic mass is 16.6. The second-order valence-electron chi connectivity index (χ2n) is 3.65. The summed E-state index contributed by atoms with van der Waals surface area (Å²) in [4.78, 5) is 22.1. The van der Waals surface area contributed by atoms with Crippen molar-refractivity contribution < 1.29 is 19.1 Å². The SMILES string of the molecule is CC(C)COC(=O)NC1CCOC1=O. The molecule has 1 amide bonds. The number of ether oxygens (including phenoxy) is 2. The number of rotatable bonds is 3. The standard InChI is InChI=1S/C9H15NO4/c1-6(2)5-14-9(12)10-7-3-4-13-8(7)11/h6-7H,3-5H2,1-2H3,(H,10,12). The van der Waals surface area contributed by atoms with Crippen LogP contribution in [0.4, 0.5) is 4.79 Å². The van der Waals surface area contributed by atoms with Crippen LogP contribution in [0.15, 0.2) is 0 Å². The first kappa shape index (κ1) is 10.8. The van der Waals surface area contributed by atoms with Crippen LogP contribution in [0.2, 0.25) is 0 Å². The van der Waals surface area contributed by atoms with Gasteiger partial charge in [-0.3, -0.25) is 0 Å². The van der Waals surface area contributed by atoms with E-state index in [1.807, 2.05) is 13.8 Å². The highest BCUT2D eigenvalue weighted by Gasteiger charge is 2.28. The van der Waals surface area contributed by atoms with Gasteiger partial charge in [0, 0.05) is 6.42 Å². The molecule has 14 heavy (non-hydrogen) atoms. The predicted octanol–water partition coefficient (Wildman–Crippen LogP) is 0.684. The second-order valence-corrected chi connectivity index (χ2v) is 3.65. The van der Waals surface area contributed by atoms with Crippen molar-refractivity contribution in [2.24, 2.45) is 5.92 Å². The fraction of sp³-hybridized carbons (Fsp3) is 0.778. The van der Waals surface area contributed by atoms with Gasteiger partial charge in [-0.1, -0.05) is 13.8 Å². The molecule has 0 radical (unpaired) electrons. The molecule has 1 rings (SSSR count). The maximum Gasteiger partial charge on any atom is 0.407 e. The van der Waals surface area contributed by atoms with Crippen molar-refractivity contribution in [3.63, 3.8) is 0 Å². The zero-order valence-electron chi connectivity index (χ0n) is 8.41. The van der Waals surface area contributed by atoms with Crippen molar-refractivity contribution in [1.82, 2.24) is 5.32 Å². The smallest absolute Gasteiger partial charge is 0.407 e. The molecule has 0 aliphatic carbocycles. The Morgan fingerprint density at radius 2 is 2.43 bits per heavy atom. The monoisotopic (exact) mass is 201 g/mol. The number of hydrogen-bond donors (Lipinski definition) is 1. The molecule has 1 heterocycles. The van der Waals surface area contributed by atoms with E-state index >= 15 is 0 Å². The number of hydrogen-bond acceptors (Lipinski definition) is 4. The summed E-state index contributed by atoms with van der Waals surface area (Å²) < 4.78 is 9.54. The van der Waals surface area contributed by atoms with Gasteiger partial charge in [0.15, 0.2) is 0 Å². The molecule has 1 aliphatic heterocycles. The minimum absolute atomic E-state index is 0.288. The summed E-state index contributed by atoms with van der Waals surface area (Å²) in [6, 6.07) is -0.533. The molecule has 1 saturated heterocycles. The van der Waals surface area contributed by atoms with Crippen molar-refractivity contribution in [3.05, 3.63) is 0 Å². The number of cyclic esters (lactones) is 1. The van der Waals surface area contributed by atoms with Gasteiger partial charge in [0.1, 0.15) is 6.04 Å². The summed E-state index contributed by atoms with van der Waals surface area (Å²) in [5.41, 5.74) is 0. The number of carbonyl (C=O) groups excluding carboxylic acids is 2. The molecule has 0 bridgehead atoms. The fourth-order valence-corrected chi connectivity index (χ4v) is 1.05. The van der Waals surface area contributed by atoms with Gasteiger partial charge in [-0.2, -0.15) is 0 Å². The lowest BCUT2D eigenvalue weighted by Crippen LogP contribution is -2.38. The molecule has 1 fully saturated rings. The highest BCUT2D eigenvalue weighted by Crippen LogP contribution is 2.05. The number of alkyl carbamates (subject to hydrolysis) is 1. The van der Waals surface area contributed by atoms with Gasteiger partial charge < -0.3 is 14.8 Å². The van der Waals surface area contributed by atoms with Crippen LogP contribution in [0.1, 0.15) is 20.3 Å². The van der Waals surface area contributed by atoms with Crippen LogP contribution in [0.3, 0.4) is 0 Å². The van der Waals surface area contributed by atoms with E-state index in [9.17, 15) is 9.59 Å². The summed E-state index contributed by atoms with van der Waals surface area (Å²) in [6.45, 7) is 4.61. The minimum atomic E-state index is -0.553. The highest BCUT2D eigenvalue weighted by molar-refractivity contribution is 5.82. The molecule has 0 saturated carbocycles. The van der Waals surface area contributed by atoms with Gasteiger partial charge >= 0.3 is 12.1 Å². The summed E-state index contributed by atoms with van der Waals surface area (Å²) in [7, 11) is 0. The van der Waals surface area contributed by atoms with E-state index in [4.69, 9.17) is 4.74 Å². The first-order valence-corrected chi connectivity index (χ1v) is 4.69. The van der Waals surface area contributed by atoms with E-state index in [0.717, 1.165) is 0 Å². The molecule has 0 aromatic carbocycles. The molecule has 1 aliphatic rings. The van der Waals surface area contributed by atoms with Crippen molar-refractivity contribution >= 4 is 12.1 Å². The number of carbonyl (C=O) groups is 2. The fourth-order valence-electron chi connectivity index (χ4n) is 1.05. The third kappa shape index (κ3) is 3.24. The van der Waals surface area contributed by atoms with E-state index in [1.165, 1.54) is 0 Å². The molecular weight excluding hydrogens is 186 g/mol. The summed E-state index contributed by atoms with van der Waals surface area (Å²) >= 11 is 0. The zero-order chi connectivity index (χ0) is 10.6. The van der Waals surface area contributed by atoms with Gasteiger partial charge in [0.25, 0.3) is 0 Å². The Morgan fingerprint density at radius 1 is 1.71 bits per heavy atom. The molecule has 1 atom stereocenters. The molecule has 1 N–H and O–H groups in total. The maximum atomic E-state index is 11.1. The van der Waals surface area contributed by atoms with E-state index in [1.54, 1.807) is 0 Å². The Kier molecular flexibility index (Phi) is 3.73. The zero-order valence-corrected chi connectivity index (χ0v) is 8.41. The average Bonchev–Trinajstić information content (AvgIpc) is 2.49. The minimum Gasteiger partial charge on any atom is -0.464 e. The van der Waals surface area contributed by atoms with E-state index in [2.05, 4.69) is 10.1 Å². The quantitative estimate of drug-likeness (QED) is 0.682. The Morgan fingerprint density at radius 3 is 2.93 bits per heavy atom. The van der Waals surface area contributed by atoms with Gasteiger partial charge in [-0.25, -0.2) is 9.59 Å². The van der Waals surface area contributed by atoms with E-state index in [-0.39, 0.29) is 11.9 Å². The van der Waals surface area contributed by atoms with Crippen LogP contribution >= 0.6 is 0 Å². The lowest BCUT2D eigenvalue weighted by atomic mass is 10.2. The summed E-state index contributed by atoms with van der Waals surface area (Å²) in [5.74, 6) is -0.0947. The molecule has 0 aromatic heterocycles. The van der Waals surface area contributed by atoms with Gasteiger partial charge in [0.2, 0.25) is 0 Å². The molecule has 5 heteroatoms. The molecule has 5 nitrogen and oxygen atoms in total. The summed E-state index contributed by atoms with van der Waals surface area (Å²) in [5, 5.41) is 2.45. The molecule has 0 spiro atoms. The Labute approximate surface area is 82.8 Å². The third-order valence-corrected chi connectivity index (χ3v) is 1.78. The molecule has 80 valence electrons. The van der Waals surface area contributed by atoms with Crippen molar-refractivity contribution in [2.75, 3.05) is 13.2 Å². The lowest BCUT2D eigenvalue weighted by molar-refractivity contribution is -0.139. The van der Waals surface area contributed by atoms with Gasteiger partial charge in [-0.05, 0) is 5.92 Å². The van der Waals surface area contributed by atoms with E-state index < -0.39 is 12.1 Å². The van der Waals surface area contributed by atoms with E-state index in [0.29, 0.717) is 19.6 Å². The van der Waals surface area contributed by atoms with Crippen LogP contribution in [0.25, 0.3) is 0 Å². The van der Waals surface area contributed by atoms with Crippen LogP contribution in [-0.4, -0.2) is 31.3 Å². The topological polar surface area (TPSA) is 64.6 Å². The maximum absolute atomic E-state index is 11.1. The van der Waals surface area contributed by atoms with Crippen molar-refractivity contribution in [1.29, 1.82) is 0 Å². The first-order valence-electron chi connectivity index (χ1n) is 4.69. The van der Waals surface area contributed by atoms with Gasteiger partial charge in [-0.15, -0.1) is 0 Å². The van der Waals surface area contributed by atoms with Crippen molar-refractivity contribution in [3.8, 4) is 0 Å². The Hall–Kier alpha value is -1.26. The number of nitrogens with one attached hydrogen (secondary N) is 1. The molecular formula is C9H15NO4. The normalized spacial score (nSPS) is 20.8. The number of esters is 1. The van der Waals surface area contributed by atoms with Crippen LogP contribution in [0.5, 0.6) is 0 Å². The third-order valence-electron chi connectivity index (χ3n) is 1.78. The second kappa shape index (κ2) is 4.83. The van der Waals surface area contributed by atoms with Crippen LogP contribution in [0, 0.1) is 5.92 Å². The first-order chi connectivity index (χ1) is 6.59. The van der Waals surface area contributed by atoms with Crippen LogP contribution in [-0.2, 0) is 14.3 Å². The predicted molar refractivity (Wildman–Crippen MR) is 48.7 cm³/mol. The number of amides is 1. The Bertz CT molecular complexity index is 227. The lowest BCUT2D eigenvalue weighted by Gasteiger charge is -2.10. The Balaban J connectivity index is 2.23.